The van der Waals surface area contributed by atoms with Gasteiger partial charge in [-0.3, -0.25) is 9.89 Å². The molecule has 0 aliphatic rings. The monoisotopic (exact) mass is 458 g/mol. The first-order valence-electron chi connectivity index (χ1n) is 7.63. The average Bonchev–Trinajstić information content (AvgIpc) is 2.45. The van der Waals surface area contributed by atoms with E-state index in [-0.39, 0.29) is 43.0 Å². The van der Waals surface area contributed by atoms with Crippen LogP contribution in [0.2, 0.25) is 0 Å². The summed E-state index contributed by atoms with van der Waals surface area (Å²) in [5.74, 6) is 0.695. The number of guanidine groups is 1. The van der Waals surface area contributed by atoms with Gasteiger partial charge in [-0.1, -0.05) is 26.0 Å². The third-order valence-electron chi connectivity index (χ3n) is 3.58. The molecule has 0 saturated heterocycles. The average molecular weight is 458 g/mol. The molecule has 1 unspecified atom stereocenters. The maximum atomic E-state index is 12.2. The highest BCUT2D eigenvalue weighted by Gasteiger charge is 2.28. The number of aliphatic imine (C=N–C) groups is 1. The van der Waals surface area contributed by atoms with Crippen molar-refractivity contribution >= 4 is 35.6 Å². The van der Waals surface area contributed by atoms with E-state index in [0.717, 1.165) is 17.0 Å². The predicted octanol–water partition coefficient (Wildman–Crippen LogP) is 4.04. The molecule has 138 valence electrons. The molecule has 24 heavy (non-hydrogen) atoms. The van der Waals surface area contributed by atoms with Crippen LogP contribution in [0.15, 0.2) is 29.3 Å². The van der Waals surface area contributed by atoms with Gasteiger partial charge in [-0.2, -0.15) is 13.2 Å². The zero-order valence-electron chi connectivity index (χ0n) is 14.2. The van der Waals surface area contributed by atoms with E-state index in [4.69, 9.17) is 5.73 Å². The Hall–Kier alpha value is -1.03. The number of nitrogens with two attached hydrogens (primary N) is 1. The van der Waals surface area contributed by atoms with Gasteiger partial charge in [-0.05, 0) is 37.1 Å². The third kappa shape index (κ3) is 9.31. The molecule has 0 aromatic heterocycles. The molecule has 0 amide bonds. The normalized spacial score (nSPS) is 13.5. The van der Waals surface area contributed by atoms with E-state index in [2.05, 4.69) is 24.2 Å². The number of likely N-dealkylation sites (N-methyl/N-ethyl adjacent to an activating group) is 1. The molecule has 0 fully saturated rings. The number of hydrogen-bond donors (Lipinski definition) is 2. The number of alkyl halides is 3. The van der Waals surface area contributed by atoms with Crippen molar-refractivity contribution in [3.8, 4) is 0 Å². The summed E-state index contributed by atoms with van der Waals surface area (Å²) in [5, 5.41) is 2.94. The highest BCUT2D eigenvalue weighted by molar-refractivity contribution is 14.0. The summed E-state index contributed by atoms with van der Waals surface area (Å²) in [4.78, 5) is 5.20. The molecular formula is C16H26F3IN4. The van der Waals surface area contributed by atoms with E-state index in [9.17, 15) is 13.2 Å². The second-order valence-electron chi connectivity index (χ2n) is 5.68. The van der Waals surface area contributed by atoms with Gasteiger partial charge in [0.05, 0.1) is 13.1 Å². The Labute approximate surface area is 158 Å². The number of anilines is 1. The van der Waals surface area contributed by atoms with E-state index in [1.54, 1.807) is 0 Å². The highest BCUT2D eigenvalue weighted by Crippen LogP contribution is 2.20. The zero-order chi connectivity index (χ0) is 17.5. The lowest BCUT2D eigenvalue weighted by Gasteiger charge is -2.17. The maximum absolute atomic E-state index is 12.2. The largest absolute Gasteiger partial charge is 0.401 e. The van der Waals surface area contributed by atoms with Gasteiger partial charge in [0.1, 0.15) is 0 Å². The Bertz CT molecular complexity index is 503. The van der Waals surface area contributed by atoms with Crippen LogP contribution in [0.25, 0.3) is 0 Å². The molecule has 0 bridgehead atoms. The van der Waals surface area contributed by atoms with Crippen molar-refractivity contribution < 1.29 is 13.2 Å². The van der Waals surface area contributed by atoms with E-state index in [0.29, 0.717) is 5.92 Å². The van der Waals surface area contributed by atoms with Crippen molar-refractivity contribution in [3.63, 3.8) is 0 Å². The van der Waals surface area contributed by atoms with Crippen LogP contribution < -0.4 is 11.1 Å². The number of benzene rings is 1. The molecule has 0 heterocycles. The number of rotatable bonds is 7. The van der Waals surface area contributed by atoms with Crippen molar-refractivity contribution in [3.05, 3.63) is 29.8 Å². The minimum absolute atomic E-state index is 0. The number of halogens is 4. The van der Waals surface area contributed by atoms with Crippen molar-refractivity contribution in [1.82, 2.24) is 4.90 Å². The van der Waals surface area contributed by atoms with E-state index in [1.165, 1.54) is 12.6 Å². The predicted molar refractivity (Wildman–Crippen MR) is 104 cm³/mol. The second-order valence-corrected chi connectivity index (χ2v) is 5.68. The van der Waals surface area contributed by atoms with Crippen LogP contribution in [-0.2, 0) is 0 Å². The Kier molecular flexibility index (Phi) is 10.3. The van der Waals surface area contributed by atoms with Gasteiger partial charge in [0.2, 0.25) is 0 Å². The first-order chi connectivity index (χ1) is 10.7. The van der Waals surface area contributed by atoms with Crippen molar-refractivity contribution in [1.29, 1.82) is 0 Å². The van der Waals surface area contributed by atoms with Gasteiger partial charge in [0.15, 0.2) is 5.96 Å². The molecule has 0 saturated carbocycles. The van der Waals surface area contributed by atoms with Crippen molar-refractivity contribution in [2.75, 3.05) is 32.0 Å². The SMILES string of the molecule is CCC(C)c1ccc(NC(N)=NCCN(C)CC(F)(F)F)cc1.I. The minimum atomic E-state index is -4.19. The molecule has 0 aliphatic carbocycles. The summed E-state index contributed by atoms with van der Waals surface area (Å²) >= 11 is 0. The van der Waals surface area contributed by atoms with Crippen LogP contribution in [0, 0.1) is 0 Å². The molecule has 1 aromatic rings. The lowest BCUT2D eigenvalue weighted by molar-refractivity contribution is -0.142. The molecular weight excluding hydrogens is 432 g/mol. The fourth-order valence-electron chi connectivity index (χ4n) is 2.04. The lowest BCUT2D eigenvalue weighted by Crippen LogP contribution is -2.33. The molecule has 3 N–H and O–H groups in total. The van der Waals surface area contributed by atoms with Gasteiger partial charge in [-0.25, -0.2) is 0 Å². The fourth-order valence-corrected chi connectivity index (χ4v) is 2.04. The summed E-state index contributed by atoms with van der Waals surface area (Å²) in [6.45, 7) is 3.74. The van der Waals surface area contributed by atoms with E-state index in [1.807, 2.05) is 24.3 Å². The molecule has 1 rings (SSSR count). The van der Waals surface area contributed by atoms with Crippen LogP contribution in [0.4, 0.5) is 18.9 Å². The maximum Gasteiger partial charge on any atom is 0.401 e. The van der Waals surface area contributed by atoms with Crippen LogP contribution in [-0.4, -0.2) is 43.7 Å². The highest BCUT2D eigenvalue weighted by atomic mass is 127. The standard InChI is InChI=1S/C16H25F3N4.HI/c1-4-12(2)13-5-7-14(8-6-13)22-15(20)21-9-10-23(3)11-16(17,18)19;/h5-8,12H,4,9-11H2,1-3H3,(H3,20,21,22);1H. The zero-order valence-corrected chi connectivity index (χ0v) is 16.6. The van der Waals surface area contributed by atoms with Gasteiger partial charge in [0.25, 0.3) is 0 Å². The molecule has 4 nitrogen and oxygen atoms in total. The Morgan fingerprint density at radius 3 is 2.38 bits per heavy atom. The van der Waals surface area contributed by atoms with Gasteiger partial charge in [0, 0.05) is 12.2 Å². The van der Waals surface area contributed by atoms with Crippen LogP contribution in [0.5, 0.6) is 0 Å². The Morgan fingerprint density at radius 2 is 1.88 bits per heavy atom. The Balaban J connectivity index is 0.00000529. The summed E-state index contributed by atoms with van der Waals surface area (Å²) in [7, 11) is 1.40. The van der Waals surface area contributed by atoms with Crippen LogP contribution >= 0.6 is 24.0 Å². The first kappa shape index (κ1) is 23.0. The molecule has 8 heteroatoms. The van der Waals surface area contributed by atoms with Gasteiger partial charge in [-0.15, -0.1) is 24.0 Å². The van der Waals surface area contributed by atoms with Crippen LogP contribution in [0.1, 0.15) is 31.7 Å². The topological polar surface area (TPSA) is 53.6 Å². The quantitative estimate of drug-likeness (QED) is 0.369. The third-order valence-corrected chi connectivity index (χ3v) is 3.58. The summed E-state index contributed by atoms with van der Waals surface area (Å²) < 4.78 is 36.5. The first-order valence-corrected chi connectivity index (χ1v) is 7.63. The molecule has 0 aliphatic heterocycles. The smallest absolute Gasteiger partial charge is 0.370 e. The molecule has 0 radical (unpaired) electrons. The van der Waals surface area contributed by atoms with Crippen molar-refractivity contribution in [2.45, 2.75) is 32.4 Å². The number of hydrogen-bond acceptors (Lipinski definition) is 2. The fraction of sp³-hybridized carbons (Fsp3) is 0.562. The molecule has 0 spiro atoms. The summed E-state index contributed by atoms with van der Waals surface area (Å²) in [6.07, 6.45) is -3.12. The summed E-state index contributed by atoms with van der Waals surface area (Å²) in [6, 6.07) is 7.89. The Morgan fingerprint density at radius 1 is 1.29 bits per heavy atom. The van der Waals surface area contributed by atoms with Gasteiger partial charge < -0.3 is 11.1 Å². The number of nitrogens with zero attached hydrogens (tertiary/aromatic N) is 2. The summed E-state index contributed by atoms with van der Waals surface area (Å²) in [5.41, 5.74) is 7.80. The molecule has 1 aromatic carbocycles. The molecule has 1 atom stereocenters. The minimum Gasteiger partial charge on any atom is -0.370 e. The lowest BCUT2D eigenvalue weighted by atomic mass is 9.99. The second kappa shape index (κ2) is 10.8. The van der Waals surface area contributed by atoms with Crippen molar-refractivity contribution in [2.24, 2.45) is 10.7 Å². The van der Waals surface area contributed by atoms with Crippen LogP contribution in [0.3, 0.4) is 0 Å². The van der Waals surface area contributed by atoms with E-state index < -0.39 is 12.7 Å². The number of nitrogens with one attached hydrogen (secondary N) is 1. The van der Waals surface area contributed by atoms with Gasteiger partial charge >= 0.3 is 6.18 Å². The van der Waals surface area contributed by atoms with E-state index >= 15 is 0 Å².